The highest BCUT2D eigenvalue weighted by molar-refractivity contribution is 5.84. The van der Waals surface area contributed by atoms with Crippen molar-refractivity contribution in [2.45, 2.75) is 121 Å². The maximum absolute atomic E-state index is 11.2. The molecule has 33 heavy (non-hydrogen) atoms. The Bertz CT molecular complexity index is 786. The van der Waals surface area contributed by atoms with Crippen LogP contribution in [-0.4, -0.2) is 11.5 Å². The van der Waals surface area contributed by atoms with E-state index in [0.717, 1.165) is 41.1 Å². The molecule has 0 spiro atoms. The van der Waals surface area contributed by atoms with Gasteiger partial charge in [0.15, 0.2) is 0 Å². The standard InChI is InChI=1S/C12H14N2.C10H18O.C6H12.C2H6/c1-4-10(3)14-12-6-5-11(8-13)7-9(12)2;1-4-9(11)7-10(2,3)8-5-6-8;1-6(2)4-3-5-6;1-2/h5-7H,4H2,1-3H3;8H,4-7H2,1-3H3;3-5H2,1-2H3;1-2H3. The number of nitrogens with zero attached hydrogens (tertiary/aromatic N) is 2. The van der Waals surface area contributed by atoms with E-state index in [2.05, 4.69) is 45.7 Å². The molecule has 0 atom stereocenters. The quantitative estimate of drug-likeness (QED) is 0.402. The molecule has 0 radical (unpaired) electrons. The minimum atomic E-state index is 0.285. The highest BCUT2D eigenvalue weighted by Crippen LogP contribution is 2.47. The summed E-state index contributed by atoms with van der Waals surface area (Å²) < 4.78 is 0. The number of nitriles is 1. The fraction of sp³-hybridized carbons (Fsp3) is 0.700. The number of aliphatic imine (C=N–C) groups is 1. The smallest absolute Gasteiger partial charge is 0.133 e. The van der Waals surface area contributed by atoms with E-state index in [0.29, 0.717) is 17.8 Å². The van der Waals surface area contributed by atoms with Crippen molar-refractivity contribution in [1.82, 2.24) is 0 Å². The number of rotatable bonds is 6. The number of benzene rings is 1. The Kier molecular flexibility index (Phi) is 14.2. The van der Waals surface area contributed by atoms with Crippen LogP contribution in [0.4, 0.5) is 5.69 Å². The Hall–Kier alpha value is -1.95. The highest BCUT2D eigenvalue weighted by atomic mass is 16.1. The van der Waals surface area contributed by atoms with Crippen molar-refractivity contribution >= 4 is 17.2 Å². The second kappa shape index (κ2) is 15.0. The summed E-state index contributed by atoms with van der Waals surface area (Å²) in [6.45, 7) is 21.1. The fourth-order valence-electron chi connectivity index (χ4n) is 3.66. The number of ketones is 1. The first-order valence-corrected chi connectivity index (χ1v) is 13.0. The molecule has 186 valence electrons. The molecule has 0 bridgehead atoms. The molecule has 3 heteroatoms. The molecule has 3 nitrogen and oxygen atoms in total. The van der Waals surface area contributed by atoms with Gasteiger partial charge in [0.25, 0.3) is 0 Å². The third kappa shape index (κ3) is 12.8. The van der Waals surface area contributed by atoms with Gasteiger partial charge in [0.2, 0.25) is 0 Å². The normalized spacial score (nSPS) is 16.3. The largest absolute Gasteiger partial charge is 0.300 e. The predicted molar refractivity (Wildman–Crippen MR) is 144 cm³/mol. The first kappa shape index (κ1) is 31.0. The molecule has 2 aliphatic rings. The van der Waals surface area contributed by atoms with Crippen LogP contribution in [0.2, 0.25) is 0 Å². The van der Waals surface area contributed by atoms with E-state index in [1.165, 1.54) is 32.1 Å². The van der Waals surface area contributed by atoms with E-state index in [1.807, 2.05) is 46.8 Å². The molecule has 2 fully saturated rings. The zero-order valence-corrected chi connectivity index (χ0v) is 23.3. The molecule has 3 rings (SSSR count). The van der Waals surface area contributed by atoms with E-state index in [9.17, 15) is 4.79 Å². The maximum Gasteiger partial charge on any atom is 0.133 e. The van der Waals surface area contributed by atoms with Crippen LogP contribution in [0.15, 0.2) is 23.2 Å². The van der Waals surface area contributed by atoms with Crippen LogP contribution in [0.1, 0.15) is 125 Å². The highest BCUT2D eigenvalue weighted by Gasteiger charge is 2.38. The van der Waals surface area contributed by atoms with E-state index >= 15 is 0 Å². The lowest BCUT2D eigenvalue weighted by atomic mass is 9.72. The molecule has 0 aromatic heterocycles. The topological polar surface area (TPSA) is 53.2 Å². The average molecular weight is 455 g/mol. The monoisotopic (exact) mass is 454 g/mol. The molecule has 1 aromatic rings. The maximum atomic E-state index is 11.2. The zero-order valence-electron chi connectivity index (χ0n) is 23.3. The van der Waals surface area contributed by atoms with Crippen molar-refractivity contribution in [3.63, 3.8) is 0 Å². The number of aryl methyl sites for hydroxylation is 1. The van der Waals surface area contributed by atoms with Crippen molar-refractivity contribution in [3.05, 3.63) is 29.3 Å². The van der Waals surface area contributed by atoms with Gasteiger partial charge in [-0.15, -0.1) is 0 Å². The third-order valence-electron chi connectivity index (χ3n) is 6.59. The lowest BCUT2D eigenvalue weighted by molar-refractivity contribution is -0.120. The third-order valence-corrected chi connectivity index (χ3v) is 6.59. The Morgan fingerprint density at radius 1 is 1.15 bits per heavy atom. The van der Waals surface area contributed by atoms with Crippen LogP contribution in [0.5, 0.6) is 0 Å². The molecule has 1 aromatic carbocycles. The summed E-state index contributed by atoms with van der Waals surface area (Å²) in [4.78, 5) is 15.6. The molecule has 0 amide bonds. The SMILES string of the molecule is CC.CC1(C)CCC1.CCC(=O)CC(C)(C)C1CC1.CCC(C)=Nc1ccc(C#N)cc1C. The van der Waals surface area contributed by atoms with Gasteiger partial charge in [-0.05, 0) is 86.5 Å². The van der Waals surface area contributed by atoms with E-state index in [1.54, 1.807) is 6.07 Å². The second-order valence-electron chi connectivity index (χ2n) is 10.7. The van der Waals surface area contributed by atoms with Crippen molar-refractivity contribution < 1.29 is 4.79 Å². The summed E-state index contributed by atoms with van der Waals surface area (Å²) in [6, 6.07) is 7.67. The Morgan fingerprint density at radius 3 is 2.03 bits per heavy atom. The minimum Gasteiger partial charge on any atom is -0.300 e. The van der Waals surface area contributed by atoms with Gasteiger partial charge in [-0.3, -0.25) is 9.79 Å². The second-order valence-corrected chi connectivity index (χ2v) is 10.7. The first-order chi connectivity index (χ1) is 15.4. The Morgan fingerprint density at radius 2 is 1.70 bits per heavy atom. The summed E-state index contributed by atoms with van der Waals surface area (Å²) in [5, 5.41) is 8.70. The fourth-order valence-corrected chi connectivity index (χ4v) is 3.66. The van der Waals surface area contributed by atoms with Crippen LogP contribution in [0, 0.1) is 35.0 Å². The number of Topliss-reactive ketones (excluding diaryl/α,β-unsaturated/α-hetero) is 1. The summed E-state index contributed by atoms with van der Waals surface area (Å²) in [6.07, 6.45) is 9.49. The lowest BCUT2D eigenvalue weighted by Gasteiger charge is -2.33. The molecule has 0 saturated heterocycles. The van der Waals surface area contributed by atoms with Gasteiger partial charge < -0.3 is 0 Å². The van der Waals surface area contributed by atoms with Gasteiger partial charge in [0.1, 0.15) is 5.78 Å². The van der Waals surface area contributed by atoms with E-state index in [4.69, 9.17) is 5.26 Å². The molecule has 0 unspecified atom stereocenters. The molecular formula is C30H50N2O. The van der Waals surface area contributed by atoms with Gasteiger partial charge in [-0.2, -0.15) is 5.26 Å². The van der Waals surface area contributed by atoms with Crippen LogP contribution in [0.25, 0.3) is 0 Å². The zero-order chi connectivity index (χ0) is 25.7. The summed E-state index contributed by atoms with van der Waals surface area (Å²) in [5.41, 5.74) is 4.82. The van der Waals surface area contributed by atoms with Gasteiger partial charge in [0.05, 0.1) is 17.3 Å². The number of carbonyl (C=O) groups is 1. The van der Waals surface area contributed by atoms with Crippen LogP contribution >= 0.6 is 0 Å². The van der Waals surface area contributed by atoms with Gasteiger partial charge >= 0.3 is 0 Å². The van der Waals surface area contributed by atoms with Gasteiger partial charge in [-0.1, -0.05) is 61.8 Å². The summed E-state index contributed by atoms with van der Waals surface area (Å²) in [5.74, 6) is 1.25. The van der Waals surface area contributed by atoms with Gasteiger partial charge in [0, 0.05) is 18.6 Å². The summed E-state index contributed by atoms with van der Waals surface area (Å²) in [7, 11) is 0. The molecule has 2 saturated carbocycles. The molecule has 0 N–H and O–H groups in total. The van der Waals surface area contributed by atoms with Gasteiger partial charge in [-0.25, -0.2) is 0 Å². The lowest BCUT2D eigenvalue weighted by Crippen LogP contribution is -2.20. The minimum absolute atomic E-state index is 0.285. The molecule has 0 heterocycles. The summed E-state index contributed by atoms with van der Waals surface area (Å²) >= 11 is 0. The average Bonchev–Trinajstić information content (AvgIpc) is 3.62. The van der Waals surface area contributed by atoms with Crippen molar-refractivity contribution in [1.29, 1.82) is 5.26 Å². The number of hydrogen-bond acceptors (Lipinski definition) is 3. The van der Waals surface area contributed by atoms with Crippen molar-refractivity contribution in [3.8, 4) is 6.07 Å². The molecular weight excluding hydrogens is 404 g/mol. The van der Waals surface area contributed by atoms with Crippen molar-refractivity contribution in [2.24, 2.45) is 21.7 Å². The van der Waals surface area contributed by atoms with Crippen LogP contribution in [0.3, 0.4) is 0 Å². The molecule has 0 aliphatic heterocycles. The first-order valence-electron chi connectivity index (χ1n) is 13.0. The van der Waals surface area contributed by atoms with Crippen LogP contribution < -0.4 is 0 Å². The molecule has 2 aliphatic carbocycles. The van der Waals surface area contributed by atoms with E-state index in [-0.39, 0.29) is 5.41 Å². The number of carbonyl (C=O) groups excluding carboxylic acids is 1. The number of hydrogen-bond donors (Lipinski definition) is 0. The van der Waals surface area contributed by atoms with Crippen molar-refractivity contribution in [2.75, 3.05) is 0 Å². The van der Waals surface area contributed by atoms with E-state index < -0.39 is 0 Å². The van der Waals surface area contributed by atoms with Crippen LogP contribution in [-0.2, 0) is 4.79 Å². The Balaban J connectivity index is 0.000000477. The predicted octanol–water partition coefficient (Wildman–Crippen LogP) is 9.38. The Labute approximate surface area is 205 Å².